The fourth-order valence-corrected chi connectivity index (χ4v) is 5.92. The van der Waals surface area contributed by atoms with E-state index in [4.69, 9.17) is 4.99 Å². The molecule has 4 rings (SSSR count). The first kappa shape index (κ1) is 17.7. The Morgan fingerprint density at radius 1 is 1.27 bits per heavy atom. The van der Waals surface area contributed by atoms with Gasteiger partial charge in [0.1, 0.15) is 6.04 Å². The van der Waals surface area contributed by atoms with E-state index in [1.165, 1.54) is 22.1 Å². The summed E-state index contributed by atoms with van der Waals surface area (Å²) in [7, 11) is 0. The molecule has 2 aromatic heterocycles. The van der Waals surface area contributed by atoms with E-state index in [9.17, 15) is 0 Å². The Labute approximate surface area is 160 Å². The molecule has 0 aliphatic carbocycles. The molecular weight excluding hydrogens is 340 g/mol. The maximum absolute atomic E-state index is 5.13. The van der Waals surface area contributed by atoms with Gasteiger partial charge in [0.05, 0.1) is 11.7 Å². The van der Waals surface area contributed by atoms with Crippen molar-refractivity contribution in [2.24, 2.45) is 4.99 Å². The van der Waals surface area contributed by atoms with Gasteiger partial charge in [0.25, 0.3) is 0 Å². The van der Waals surface area contributed by atoms with Crippen molar-refractivity contribution in [2.45, 2.75) is 65.2 Å². The van der Waals surface area contributed by atoms with Crippen molar-refractivity contribution in [1.29, 1.82) is 0 Å². The molecular formula is C21H28N4S. The first-order valence-electron chi connectivity index (χ1n) is 9.61. The lowest BCUT2D eigenvalue weighted by Gasteiger charge is -2.32. The molecule has 0 spiro atoms. The van der Waals surface area contributed by atoms with Gasteiger partial charge in [-0.2, -0.15) is 0 Å². The van der Waals surface area contributed by atoms with E-state index in [-0.39, 0.29) is 12.1 Å². The van der Waals surface area contributed by atoms with Gasteiger partial charge in [-0.05, 0) is 57.9 Å². The Balaban J connectivity index is 1.84. The van der Waals surface area contributed by atoms with Gasteiger partial charge >= 0.3 is 0 Å². The van der Waals surface area contributed by atoms with Crippen LogP contribution in [0.15, 0.2) is 35.5 Å². The molecule has 2 aliphatic heterocycles. The fourth-order valence-electron chi connectivity index (χ4n) is 4.58. The number of amidine groups is 1. The minimum absolute atomic E-state index is 0.0779. The number of thioether (sulfide) groups is 1. The van der Waals surface area contributed by atoms with Gasteiger partial charge in [0.2, 0.25) is 0 Å². The molecule has 0 aromatic carbocycles. The Morgan fingerprint density at radius 2 is 2.08 bits per heavy atom. The Bertz CT molecular complexity index is 824. The van der Waals surface area contributed by atoms with Gasteiger partial charge in [0, 0.05) is 35.4 Å². The van der Waals surface area contributed by atoms with Crippen LogP contribution in [0.2, 0.25) is 0 Å². The van der Waals surface area contributed by atoms with Crippen LogP contribution in [0.1, 0.15) is 68.0 Å². The van der Waals surface area contributed by atoms with Crippen molar-refractivity contribution in [2.75, 3.05) is 5.75 Å². The van der Waals surface area contributed by atoms with Crippen molar-refractivity contribution in [3.8, 4) is 0 Å². The predicted octanol–water partition coefficient (Wildman–Crippen LogP) is 5.06. The number of pyridine rings is 1. The third kappa shape index (κ3) is 2.68. The average molecular weight is 369 g/mol. The number of hydrogen-bond acceptors (Lipinski definition) is 4. The topological polar surface area (TPSA) is 33.4 Å². The second-order valence-electron chi connectivity index (χ2n) is 7.63. The summed E-state index contributed by atoms with van der Waals surface area (Å²) in [6, 6.07) is 9.91. The van der Waals surface area contributed by atoms with E-state index in [2.05, 4.69) is 67.3 Å². The van der Waals surface area contributed by atoms with Crippen molar-refractivity contribution >= 4 is 16.9 Å². The zero-order valence-electron chi connectivity index (χ0n) is 16.3. The number of nitrogens with zero attached hydrogens (tertiary/aromatic N) is 4. The lowest BCUT2D eigenvalue weighted by Crippen LogP contribution is -2.35. The summed E-state index contributed by atoms with van der Waals surface area (Å²) in [5.41, 5.74) is 5.18. The molecule has 1 saturated heterocycles. The third-order valence-electron chi connectivity index (χ3n) is 5.69. The van der Waals surface area contributed by atoms with Crippen LogP contribution < -0.4 is 0 Å². The van der Waals surface area contributed by atoms with Gasteiger partial charge in [-0.25, -0.2) is 0 Å². The van der Waals surface area contributed by atoms with Gasteiger partial charge in [-0.3, -0.25) is 9.98 Å². The molecule has 0 unspecified atom stereocenters. The number of rotatable bonds is 4. The summed E-state index contributed by atoms with van der Waals surface area (Å²) in [6.07, 6.45) is 3.04. The zero-order chi connectivity index (χ0) is 18.4. The number of aromatic nitrogens is 2. The normalized spacial score (nSPS) is 25.1. The van der Waals surface area contributed by atoms with Gasteiger partial charge in [-0.15, -0.1) is 0 Å². The molecule has 5 heteroatoms. The van der Waals surface area contributed by atoms with Crippen LogP contribution in [-0.2, 0) is 0 Å². The Kier molecular flexibility index (Phi) is 4.59. The van der Waals surface area contributed by atoms with Crippen LogP contribution >= 0.6 is 11.8 Å². The Hall–Kier alpha value is -1.75. The zero-order valence-corrected chi connectivity index (χ0v) is 17.1. The molecule has 2 aromatic rings. The number of aryl methyl sites for hydroxylation is 1. The molecule has 0 saturated carbocycles. The van der Waals surface area contributed by atoms with E-state index in [0.717, 1.165) is 17.9 Å². The van der Waals surface area contributed by atoms with Crippen LogP contribution in [0, 0.1) is 13.8 Å². The van der Waals surface area contributed by atoms with Gasteiger partial charge < -0.3 is 9.47 Å². The highest BCUT2D eigenvalue weighted by molar-refractivity contribution is 8.14. The predicted molar refractivity (Wildman–Crippen MR) is 110 cm³/mol. The highest BCUT2D eigenvalue weighted by atomic mass is 32.2. The SMILES string of the molecule is CC[C@@H]1CSC2=N[C@H](c3ccccn3)[C@@H](c3cc(C)n(C(C)C)c3C)N21. The molecule has 26 heavy (non-hydrogen) atoms. The van der Waals surface area contributed by atoms with E-state index in [1.54, 1.807) is 0 Å². The lowest BCUT2D eigenvalue weighted by molar-refractivity contribution is 0.254. The van der Waals surface area contributed by atoms with E-state index in [0.29, 0.717) is 12.1 Å². The van der Waals surface area contributed by atoms with Gasteiger partial charge in [0.15, 0.2) is 5.17 Å². The summed E-state index contributed by atoms with van der Waals surface area (Å²) < 4.78 is 2.45. The van der Waals surface area contributed by atoms with Crippen LogP contribution in [0.5, 0.6) is 0 Å². The maximum atomic E-state index is 5.13. The Morgan fingerprint density at radius 3 is 2.69 bits per heavy atom. The van der Waals surface area contributed by atoms with Crippen LogP contribution in [0.4, 0.5) is 0 Å². The third-order valence-corrected chi connectivity index (χ3v) is 6.81. The largest absolute Gasteiger partial charge is 0.346 e. The van der Waals surface area contributed by atoms with Crippen molar-refractivity contribution in [1.82, 2.24) is 14.5 Å². The van der Waals surface area contributed by atoms with Crippen LogP contribution in [0.3, 0.4) is 0 Å². The summed E-state index contributed by atoms with van der Waals surface area (Å²) in [6.45, 7) is 11.3. The molecule has 4 nitrogen and oxygen atoms in total. The highest BCUT2D eigenvalue weighted by Gasteiger charge is 2.46. The summed E-state index contributed by atoms with van der Waals surface area (Å²) >= 11 is 1.91. The summed E-state index contributed by atoms with van der Waals surface area (Å²) in [4.78, 5) is 12.4. The average Bonchev–Trinajstić information content (AvgIpc) is 3.27. The van der Waals surface area contributed by atoms with Crippen LogP contribution in [0.25, 0.3) is 0 Å². The van der Waals surface area contributed by atoms with Crippen LogP contribution in [-0.4, -0.2) is 31.4 Å². The quantitative estimate of drug-likeness (QED) is 0.756. The van der Waals surface area contributed by atoms with Gasteiger partial charge in [-0.1, -0.05) is 24.8 Å². The summed E-state index contributed by atoms with van der Waals surface area (Å²) in [5, 5.41) is 1.20. The molecule has 2 aliphatic rings. The minimum Gasteiger partial charge on any atom is -0.346 e. The molecule has 0 bridgehead atoms. The molecule has 0 radical (unpaired) electrons. The number of hydrogen-bond donors (Lipinski definition) is 0. The van der Waals surface area contributed by atoms with E-state index >= 15 is 0 Å². The highest BCUT2D eigenvalue weighted by Crippen LogP contribution is 2.49. The lowest BCUT2D eigenvalue weighted by atomic mass is 9.95. The first-order chi connectivity index (χ1) is 12.5. The molecule has 0 amide bonds. The monoisotopic (exact) mass is 368 g/mol. The molecule has 138 valence electrons. The molecule has 4 heterocycles. The molecule has 0 N–H and O–H groups in total. The van der Waals surface area contributed by atoms with Crippen molar-refractivity contribution in [3.63, 3.8) is 0 Å². The fraction of sp³-hybridized carbons (Fsp3) is 0.524. The first-order valence-corrected chi connectivity index (χ1v) is 10.6. The van der Waals surface area contributed by atoms with E-state index in [1.807, 2.05) is 24.0 Å². The summed E-state index contributed by atoms with van der Waals surface area (Å²) in [5.74, 6) is 1.14. The second-order valence-corrected chi connectivity index (χ2v) is 8.61. The maximum Gasteiger partial charge on any atom is 0.160 e. The smallest absolute Gasteiger partial charge is 0.160 e. The van der Waals surface area contributed by atoms with Crippen molar-refractivity contribution in [3.05, 3.63) is 53.1 Å². The molecule has 3 atom stereocenters. The second kappa shape index (κ2) is 6.76. The number of aliphatic imine (C=N–C) groups is 1. The number of fused-ring (bicyclic) bond motifs is 1. The molecule has 1 fully saturated rings. The van der Waals surface area contributed by atoms with E-state index < -0.39 is 0 Å². The standard InChI is InChI=1S/C21H28N4S/c1-6-16-12-26-21-23-19(18-9-7-8-10-22-18)20(25(16)21)17-11-14(4)24(13(2)3)15(17)5/h7-11,13,16,19-20H,6,12H2,1-5H3/t16-,19-,20-/m1/s1. The van der Waals surface area contributed by atoms with Crippen molar-refractivity contribution < 1.29 is 0 Å². The minimum atomic E-state index is 0.0779.